The van der Waals surface area contributed by atoms with Gasteiger partial charge in [-0.3, -0.25) is 0 Å². The molecule has 1 amide bonds. The highest BCUT2D eigenvalue weighted by Crippen LogP contribution is 2.23. The van der Waals surface area contributed by atoms with Crippen LogP contribution in [0.1, 0.15) is 20.3 Å². The Balaban J connectivity index is 2.29. The second kappa shape index (κ2) is 6.24. The zero-order chi connectivity index (χ0) is 14.7. The average Bonchev–Trinajstić information content (AvgIpc) is 2.19. The van der Waals surface area contributed by atoms with Gasteiger partial charge in [-0.2, -0.15) is 0 Å². The van der Waals surface area contributed by atoms with Crippen molar-refractivity contribution >= 4 is 14.2 Å². The average molecular weight is 288 g/mol. The Labute approximate surface area is 117 Å². The van der Waals surface area contributed by atoms with Crippen molar-refractivity contribution in [2.24, 2.45) is 5.73 Å². The van der Waals surface area contributed by atoms with Crippen LogP contribution in [0.2, 0.25) is 25.7 Å². The fourth-order valence-corrected chi connectivity index (χ4v) is 2.71. The molecular formula is C13H28N2O3Si. The Morgan fingerprint density at radius 3 is 2.63 bits per heavy atom. The highest BCUT2D eigenvalue weighted by Gasteiger charge is 2.34. The van der Waals surface area contributed by atoms with Crippen molar-refractivity contribution in [3.63, 3.8) is 0 Å². The van der Waals surface area contributed by atoms with Crippen LogP contribution in [0.15, 0.2) is 0 Å². The Kier molecular flexibility index (Phi) is 5.40. The minimum Gasteiger partial charge on any atom is -0.450 e. The number of hydrogen-bond acceptors (Lipinski definition) is 4. The molecule has 0 aromatic heterocycles. The molecule has 0 saturated carbocycles. The van der Waals surface area contributed by atoms with Gasteiger partial charge in [0.05, 0.1) is 24.9 Å². The minimum absolute atomic E-state index is 0.0895. The summed E-state index contributed by atoms with van der Waals surface area (Å²) < 4.78 is 10.9. The van der Waals surface area contributed by atoms with Gasteiger partial charge in [0.25, 0.3) is 0 Å². The van der Waals surface area contributed by atoms with Crippen molar-refractivity contribution in [1.29, 1.82) is 0 Å². The topological polar surface area (TPSA) is 73.6 Å². The van der Waals surface area contributed by atoms with Gasteiger partial charge in [-0.25, -0.2) is 4.79 Å². The van der Waals surface area contributed by atoms with Gasteiger partial charge in [0.2, 0.25) is 0 Å². The minimum atomic E-state index is -1.16. The van der Waals surface area contributed by atoms with Gasteiger partial charge in [-0.1, -0.05) is 19.6 Å². The summed E-state index contributed by atoms with van der Waals surface area (Å²) in [5, 5.41) is 2.80. The van der Waals surface area contributed by atoms with E-state index in [2.05, 4.69) is 25.0 Å². The Hall–Kier alpha value is -0.593. The normalized spacial score (nSPS) is 26.8. The molecule has 1 rings (SSSR count). The van der Waals surface area contributed by atoms with Crippen LogP contribution < -0.4 is 11.1 Å². The lowest BCUT2D eigenvalue weighted by Gasteiger charge is -2.39. The first-order chi connectivity index (χ1) is 8.59. The number of ether oxygens (including phenoxy) is 2. The second-order valence-corrected chi connectivity index (χ2v) is 12.8. The molecule has 112 valence electrons. The molecule has 0 spiro atoms. The van der Waals surface area contributed by atoms with Crippen LogP contribution in [-0.2, 0) is 9.47 Å². The van der Waals surface area contributed by atoms with Crippen molar-refractivity contribution in [2.75, 3.05) is 13.2 Å². The fraction of sp³-hybridized carbons (Fsp3) is 0.923. The van der Waals surface area contributed by atoms with Gasteiger partial charge in [0, 0.05) is 14.1 Å². The van der Waals surface area contributed by atoms with E-state index in [9.17, 15) is 4.79 Å². The maximum Gasteiger partial charge on any atom is 0.407 e. The van der Waals surface area contributed by atoms with Crippen molar-refractivity contribution in [2.45, 2.75) is 63.6 Å². The third-order valence-corrected chi connectivity index (χ3v) is 4.99. The van der Waals surface area contributed by atoms with Crippen molar-refractivity contribution in [3.8, 4) is 0 Å². The van der Waals surface area contributed by atoms with E-state index in [4.69, 9.17) is 15.2 Å². The molecule has 0 aromatic rings. The van der Waals surface area contributed by atoms with E-state index >= 15 is 0 Å². The smallest absolute Gasteiger partial charge is 0.407 e. The summed E-state index contributed by atoms with van der Waals surface area (Å²) in [6.07, 6.45) is 0.342. The molecule has 1 aliphatic rings. The molecule has 1 aliphatic heterocycles. The number of amides is 1. The van der Waals surface area contributed by atoms with E-state index in [-0.39, 0.29) is 23.8 Å². The van der Waals surface area contributed by atoms with E-state index < -0.39 is 8.07 Å². The van der Waals surface area contributed by atoms with E-state index in [0.717, 1.165) is 12.5 Å². The number of alkyl carbamates (subject to hydrolysis) is 1. The summed E-state index contributed by atoms with van der Waals surface area (Å²) in [6, 6.07) is 0.724. The second-order valence-electron chi connectivity index (χ2n) is 7.14. The molecule has 0 unspecified atom stereocenters. The van der Waals surface area contributed by atoms with Gasteiger partial charge >= 0.3 is 6.09 Å². The Bertz CT molecular complexity index is 316. The molecule has 0 bridgehead atoms. The molecule has 3 N–H and O–H groups in total. The SMILES string of the molecule is CC1(C)C[C@H](N)[C@H](NC(=O)OCC[Si](C)(C)C)CO1. The van der Waals surface area contributed by atoms with E-state index in [1.165, 1.54) is 0 Å². The number of carbonyl (C=O) groups is 1. The van der Waals surface area contributed by atoms with Crippen LogP contribution >= 0.6 is 0 Å². The summed E-state index contributed by atoms with van der Waals surface area (Å²) in [6.45, 7) is 11.7. The molecule has 2 atom stereocenters. The monoisotopic (exact) mass is 288 g/mol. The molecule has 6 heteroatoms. The van der Waals surface area contributed by atoms with Crippen LogP contribution in [0.5, 0.6) is 0 Å². The molecule has 1 heterocycles. The van der Waals surface area contributed by atoms with Gasteiger partial charge in [-0.05, 0) is 26.3 Å². The zero-order valence-electron chi connectivity index (χ0n) is 12.8. The van der Waals surface area contributed by atoms with Crippen LogP contribution in [0.25, 0.3) is 0 Å². The lowest BCUT2D eigenvalue weighted by molar-refractivity contribution is -0.0721. The molecule has 0 radical (unpaired) electrons. The lowest BCUT2D eigenvalue weighted by Crippen LogP contribution is -2.57. The predicted octanol–water partition coefficient (Wildman–Crippen LogP) is 1.95. The molecule has 5 nitrogen and oxygen atoms in total. The maximum absolute atomic E-state index is 11.7. The number of carbonyl (C=O) groups excluding carboxylic acids is 1. The molecule has 19 heavy (non-hydrogen) atoms. The number of hydrogen-bond donors (Lipinski definition) is 2. The highest BCUT2D eigenvalue weighted by molar-refractivity contribution is 6.76. The first-order valence-electron chi connectivity index (χ1n) is 6.92. The van der Waals surface area contributed by atoms with E-state index in [0.29, 0.717) is 13.2 Å². The largest absolute Gasteiger partial charge is 0.450 e. The Morgan fingerprint density at radius 2 is 2.11 bits per heavy atom. The Morgan fingerprint density at radius 1 is 1.47 bits per heavy atom. The van der Waals surface area contributed by atoms with Crippen LogP contribution in [-0.4, -0.2) is 45.1 Å². The molecule has 1 fully saturated rings. The van der Waals surface area contributed by atoms with Gasteiger partial charge in [-0.15, -0.1) is 0 Å². The molecular weight excluding hydrogens is 260 g/mol. The summed E-state index contributed by atoms with van der Waals surface area (Å²) in [5.74, 6) is 0. The molecule has 0 aromatic carbocycles. The number of nitrogens with one attached hydrogen (secondary N) is 1. The summed E-state index contributed by atoms with van der Waals surface area (Å²) in [4.78, 5) is 11.7. The van der Waals surface area contributed by atoms with Crippen LogP contribution in [0.4, 0.5) is 4.79 Å². The first kappa shape index (κ1) is 16.5. The van der Waals surface area contributed by atoms with Gasteiger partial charge in [0.1, 0.15) is 0 Å². The fourth-order valence-electron chi connectivity index (χ4n) is 2.00. The van der Waals surface area contributed by atoms with Crippen LogP contribution in [0, 0.1) is 0 Å². The molecule has 1 saturated heterocycles. The molecule has 0 aliphatic carbocycles. The van der Waals surface area contributed by atoms with Crippen molar-refractivity contribution in [1.82, 2.24) is 5.32 Å². The van der Waals surface area contributed by atoms with Crippen LogP contribution in [0.3, 0.4) is 0 Å². The lowest BCUT2D eigenvalue weighted by atomic mass is 9.91. The van der Waals surface area contributed by atoms with Crippen molar-refractivity contribution in [3.05, 3.63) is 0 Å². The summed E-state index contributed by atoms with van der Waals surface area (Å²) in [5.41, 5.74) is 5.85. The standard InChI is InChI=1S/C13H28N2O3Si/c1-13(2)8-10(14)11(9-18-13)15-12(16)17-6-7-19(3,4)5/h10-11H,6-9,14H2,1-5H3,(H,15,16)/t10-,11+/m0/s1. The maximum atomic E-state index is 11.7. The quantitative estimate of drug-likeness (QED) is 0.775. The van der Waals surface area contributed by atoms with E-state index in [1.54, 1.807) is 0 Å². The first-order valence-corrected chi connectivity index (χ1v) is 10.6. The third-order valence-electron chi connectivity index (χ3n) is 3.29. The van der Waals surface area contributed by atoms with Crippen molar-refractivity contribution < 1.29 is 14.3 Å². The predicted molar refractivity (Wildman–Crippen MR) is 79.0 cm³/mol. The summed E-state index contributed by atoms with van der Waals surface area (Å²) >= 11 is 0. The number of nitrogens with two attached hydrogens (primary N) is 1. The van der Waals surface area contributed by atoms with Gasteiger partial charge < -0.3 is 20.5 Å². The number of rotatable bonds is 4. The summed E-state index contributed by atoms with van der Waals surface area (Å²) in [7, 11) is -1.16. The third kappa shape index (κ3) is 6.40. The van der Waals surface area contributed by atoms with E-state index in [1.807, 2.05) is 13.8 Å². The highest BCUT2D eigenvalue weighted by atomic mass is 28.3. The zero-order valence-corrected chi connectivity index (χ0v) is 13.8. The van der Waals surface area contributed by atoms with Gasteiger partial charge in [0.15, 0.2) is 0 Å².